The van der Waals surface area contributed by atoms with Crippen molar-refractivity contribution in [3.8, 4) is 16.9 Å². The predicted octanol–water partition coefficient (Wildman–Crippen LogP) is 5.02. The van der Waals surface area contributed by atoms with Crippen molar-refractivity contribution in [2.24, 2.45) is 4.99 Å². The number of fused-ring (bicyclic) bond motifs is 1. The SMILES string of the molecule is CCn1cc(-c2cc(N=C3NC(=O)CS3)n(-c3ccc(Cl)cc3)n2)c2ccccc21. The molecule has 5 rings (SSSR count). The smallest absolute Gasteiger partial charge is 0.236 e. The van der Waals surface area contributed by atoms with Crippen molar-refractivity contribution in [3.63, 3.8) is 0 Å². The van der Waals surface area contributed by atoms with E-state index in [0.29, 0.717) is 21.8 Å². The molecule has 150 valence electrons. The molecule has 1 aliphatic rings. The van der Waals surface area contributed by atoms with Crippen molar-refractivity contribution in [1.29, 1.82) is 0 Å². The number of amides is 1. The standard InChI is InChI=1S/C22H18ClN5OS/c1-2-27-12-17(16-5-3-4-6-19(16)27)18-11-20(24-22-25-21(29)13-30-22)28(26-18)15-9-7-14(23)8-10-15/h3-12H,2,13H2,1H3,(H,24,25,29). The van der Waals surface area contributed by atoms with Gasteiger partial charge in [0.25, 0.3) is 0 Å². The second-order valence-corrected chi connectivity index (χ2v) is 8.28. The minimum absolute atomic E-state index is 0.0393. The summed E-state index contributed by atoms with van der Waals surface area (Å²) in [6, 6.07) is 17.7. The van der Waals surface area contributed by atoms with Crippen molar-refractivity contribution in [3.05, 3.63) is 65.8 Å². The quantitative estimate of drug-likeness (QED) is 0.489. The van der Waals surface area contributed by atoms with E-state index in [0.717, 1.165) is 28.9 Å². The Hall–Kier alpha value is -3.03. The van der Waals surface area contributed by atoms with E-state index < -0.39 is 0 Å². The van der Waals surface area contributed by atoms with Crippen LogP contribution in [0.4, 0.5) is 5.82 Å². The Balaban J connectivity index is 1.68. The molecule has 0 unspecified atom stereocenters. The van der Waals surface area contributed by atoms with Gasteiger partial charge in [-0.05, 0) is 37.3 Å². The summed E-state index contributed by atoms with van der Waals surface area (Å²) in [6.45, 7) is 3.00. The van der Waals surface area contributed by atoms with Gasteiger partial charge in [0.05, 0.1) is 17.1 Å². The minimum atomic E-state index is -0.0393. The molecule has 0 atom stereocenters. The van der Waals surface area contributed by atoms with Gasteiger partial charge in [-0.1, -0.05) is 41.6 Å². The van der Waals surface area contributed by atoms with Gasteiger partial charge in [-0.2, -0.15) is 5.10 Å². The molecule has 1 saturated heterocycles. The van der Waals surface area contributed by atoms with Gasteiger partial charge in [0.2, 0.25) is 5.91 Å². The molecular weight excluding hydrogens is 418 g/mol. The van der Waals surface area contributed by atoms with Crippen LogP contribution >= 0.6 is 23.4 Å². The van der Waals surface area contributed by atoms with Crippen molar-refractivity contribution < 1.29 is 4.79 Å². The number of nitrogens with one attached hydrogen (secondary N) is 1. The van der Waals surface area contributed by atoms with Crippen molar-refractivity contribution in [2.45, 2.75) is 13.5 Å². The molecule has 2 aromatic carbocycles. The molecule has 0 saturated carbocycles. The number of rotatable bonds is 4. The number of nitrogens with zero attached hydrogens (tertiary/aromatic N) is 4. The summed E-state index contributed by atoms with van der Waals surface area (Å²) < 4.78 is 3.99. The fourth-order valence-electron chi connectivity index (χ4n) is 3.56. The molecule has 1 N–H and O–H groups in total. The topological polar surface area (TPSA) is 64.2 Å². The highest BCUT2D eigenvalue weighted by Crippen LogP contribution is 2.34. The molecule has 8 heteroatoms. The number of thioether (sulfide) groups is 1. The Morgan fingerprint density at radius 1 is 1.20 bits per heavy atom. The largest absolute Gasteiger partial charge is 0.347 e. The van der Waals surface area contributed by atoms with E-state index in [1.54, 1.807) is 4.68 Å². The molecule has 4 aromatic rings. The number of amidine groups is 1. The number of benzene rings is 2. The lowest BCUT2D eigenvalue weighted by Crippen LogP contribution is -2.20. The normalized spacial score (nSPS) is 15.3. The molecule has 0 radical (unpaired) electrons. The molecule has 0 bridgehead atoms. The zero-order chi connectivity index (χ0) is 20.7. The first-order valence-corrected chi connectivity index (χ1v) is 10.9. The molecule has 30 heavy (non-hydrogen) atoms. The molecule has 3 heterocycles. The van der Waals surface area contributed by atoms with E-state index in [4.69, 9.17) is 16.7 Å². The summed E-state index contributed by atoms with van der Waals surface area (Å²) >= 11 is 7.46. The average Bonchev–Trinajstić information content (AvgIpc) is 3.46. The maximum Gasteiger partial charge on any atom is 0.236 e. The van der Waals surface area contributed by atoms with Crippen molar-refractivity contribution in [1.82, 2.24) is 19.7 Å². The zero-order valence-electron chi connectivity index (χ0n) is 16.2. The molecule has 2 aromatic heterocycles. The van der Waals surface area contributed by atoms with Crippen LogP contribution in [0.25, 0.3) is 27.8 Å². The lowest BCUT2D eigenvalue weighted by Gasteiger charge is -2.04. The first kappa shape index (κ1) is 19.0. The fourth-order valence-corrected chi connectivity index (χ4v) is 4.37. The highest BCUT2D eigenvalue weighted by molar-refractivity contribution is 8.15. The fraction of sp³-hybridized carbons (Fsp3) is 0.136. The van der Waals surface area contributed by atoms with Crippen LogP contribution in [-0.4, -0.2) is 31.2 Å². The number of hydrogen-bond acceptors (Lipinski definition) is 4. The van der Waals surface area contributed by atoms with Crippen LogP contribution < -0.4 is 5.32 Å². The predicted molar refractivity (Wildman–Crippen MR) is 123 cm³/mol. The third-order valence-electron chi connectivity index (χ3n) is 4.97. The van der Waals surface area contributed by atoms with Crippen LogP contribution in [-0.2, 0) is 11.3 Å². The van der Waals surface area contributed by atoms with Gasteiger partial charge in [-0.25, -0.2) is 9.67 Å². The van der Waals surface area contributed by atoms with Crippen LogP contribution in [0.5, 0.6) is 0 Å². The van der Waals surface area contributed by atoms with Gasteiger partial charge < -0.3 is 9.88 Å². The first-order valence-electron chi connectivity index (χ1n) is 9.58. The Morgan fingerprint density at radius 2 is 2.00 bits per heavy atom. The van der Waals surface area contributed by atoms with Gasteiger partial charge in [-0.15, -0.1) is 0 Å². The number of aliphatic imine (C=N–C) groups is 1. The number of carbonyl (C=O) groups is 1. The van der Waals surface area contributed by atoms with E-state index in [1.807, 2.05) is 42.5 Å². The maximum atomic E-state index is 11.6. The number of para-hydroxylation sites is 1. The highest BCUT2D eigenvalue weighted by atomic mass is 35.5. The van der Waals surface area contributed by atoms with Crippen molar-refractivity contribution in [2.75, 3.05) is 5.75 Å². The second-order valence-electron chi connectivity index (χ2n) is 6.88. The highest BCUT2D eigenvalue weighted by Gasteiger charge is 2.20. The minimum Gasteiger partial charge on any atom is -0.347 e. The molecule has 1 aliphatic heterocycles. The molecule has 1 fully saturated rings. The summed E-state index contributed by atoms with van der Waals surface area (Å²) in [5.41, 5.74) is 3.88. The first-order chi connectivity index (χ1) is 14.6. The lowest BCUT2D eigenvalue weighted by atomic mass is 10.1. The number of aromatic nitrogens is 3. The Labute approximate surface area is 182 Å². The summed E-state index contributed by atoms with van der Waals surface area (Å²) in [4.78, 5) is 16.3. The van der Waals surface area contributed by atoms with E-state index in [2.05, 4.69) is 40.1 Å². The number of hydrogen-bond donors (Lipinski definition) is 1. The number of carbonyl (C=O) groups excluding carboxylic acids is 1. The zero-order valence-corrected chi connectivity index (χ0v) is 17.7. The van der Waals surface area contributed by atoms with E-state index in [1.165, 1.54) is 17.3 Å². The van der Waals surface area contributed by atoms with Gasteiger partial charge in [0.15, 0.2) is 11.0 Å². The third-order valence-corrected chi connectivity index (χ3v) is 6.09. The summed E-state index contributed by atoms with van der Waals surface area (Å²) in [7, 11) is 0. The lowest BCUT2D eigenvalue weighted by molar-refractivity contribution is -0.116. The van der Waals surface area contributed by atoms with Gasteiger partial charge >= 0.3 is 0 Å². The second kappa shape index (κ2) is 7.66. The number of aryl methyl sites for hydroxylation is 1. The van der Waals surface area contributed by atoms with Crippen LogP contribution in [0.2, 0.25) is 5.02 Å². The maximum absolute atomic E-state index is 11.6. The van der Waals surface area contributed by atoms with Crippen molar-refractivity contribution >= 4 is 51.2 Å². The molecule has 0 spiro atoms. The van der Waals surface area contributed by atoms with Crippen LogP contribution in [0, 0.1) is 0 Å². The van der Waals surface area contributed by atoms with Gasteiger partial charge in [0.1, 0.15) is 0 Å². The summed E-state index contributed by atoms with van der Waals surface area (Å²) in [5, 5.41) is 10.0. The Bertz CT molecular complexity index is 1290. The number of halogens is 1. The van der Waals surface area contributed by atoms with Crippen LogP contribution in [0.1, 0.15) is 6.92 Å². The van der Waals surface area contributed by atoms with Gasteiger partial charge in [-0.3, -0.25) is 4.79 Å². The molecule has 0 aliphatic carbocycles. The van der Waals surface area contributed by atoms with Crippen LogP contribution in [0.15, 0.2) is 65.8 Å². The average molecular weight is 436 g/mol. The monoisotopic (exact) mass is 435 g/mol. The molecular formula is C22H18ClN5OS. The van der Waals surface area contributed by atoms with Gasteiger partial charge in [0, 0.05) is 40.3 Å². The molecule has 1 amide bonds. The summed E-state index contributed by atoms with van der Waals surface area (Å²) in [6.07, 6.45) is 2.13. The third kappa shape index (κ3) is 3.40. The Morgan fingerprint density at radius 3 is 2.73 bits per heavy atom. The van der Waals surface area contributed by atoms with E-state index >= 15 is 0 Å². The summed E-state index contributed by atoms with van der Waals surface area (Å²) in [5.74, 6) is 0.984. The van der Waals surface area contributed by atoms with Crippen LogP contribution in [0.3, 0.4) is 0 Å². The van der Waals surface area contributed by atoms with E-state index in [-0.39, 0.29) is 5.91 Å². The van der Waals surface area contributed by atoms with E-state index in [9.17, 15) is 4.79 Å². The Kier molecular flexibility index (Phi) is 4.84. The molecule has 6 nitrogen and oxygen atoms in total.